The highest BCUT2D eigenvalue weighted by Crippen LogP contribution is 2.27. The summed E-state index contributed by atoms with van der Waals surface area (Å²) in [7, 11) is 0. The molecule has 1 aromatic heterocycles. The number of oxazole rings is 1. The van der Waals surface area contributed by atoms with E-state index in [1.807, 2.05) is 0 Å². The largest absolute Gasteiger partial charge is 0.447 e. The lowest BCUT2D eigenvalue weighted by molar-refractivity contribution is 0.00187. The molecule has 1 amide bonds. The van der Waals surface area contributed by atoms with Crippen LogP contribution in [0.2, 0.25) is 0 Å². The lowest BCUT2D eigenvalue weighted by Crippen LogP contribution is -2.50. The Labute approximate surface area is 172 Å². The number of hydrogen-bond donors (Lipinski definition) is 2. The smallest absolute Gasteiger partial charge is 0.273 e. The van der Waals surface area contributed by atoms with Gasteiger partial charge in [0.1, 0.15) is 6.26 Å². The van der Waals surface area contributed by atoms with E-state index < -0.39 is 0 Å². The van der Waals surface area contributed by atoms with Crippen molar-refractivity contribution in [2.45, 2.75) is 25.5 Å². The summed E-state index contributed by atoms with van der Waals surface area (Å²) in [4.78, 5) is 23.3. The van der Waals surface area contributed by atoms with Gasteiger partial charge in [0.15, 0.2) is 5.69 Å². The molecule has 9 heteroatoms. The molecule has 1 unspecified atom stereocenters. The third-order valence-corrected chi connectivity index (χ3v) is 5.90. The SMILES string of the molecule is O=C(NCC1CC1)c1coc(CN2CCN(CC(O)CN3CCOCC3)CC2)n1. The predicted octanol–water partition coefficient (Wildman–Crippen LogP) is -0.375. The first-order valence-corrected chi connectivity index (χ1v) is 10.8. The second kappa shape index (κ2) is 9.99. The quantitative estimate of drug-likeness (QED) is 0.573. The molecule has 3 aliphatic rings. The van der Waals surface area contributed by atoms with Crippen LogP contribution in [0.3, 0.4) is 0 Å². The molecule has 29 heavy (non-hydrogen) atoms. The Balaban J connectivity index is 1.14. The maximum atomic E-state index is 12.1. The molecule has 3 heterocycles. The van der Waals surface area contributed by atoms with Crippen LogP contribution in [0.5, 0.6) is 0 Å². The van der Waals surface area contributed by atoms with Crippen molar-refractivity contribution in [3.63, 3.8) is 0 Å². The highest BCUT2D eigenvalue weighted by atomic mass is 16.5. The summed E-state index contributed by atoms with van der Waals surface area (Å²) in [6.45, 7) is 9.72. The van der Waals surface area contributed by atoms with Gasteiger partial charge >= 0.3 is 0 Å². The predicted molar refractivity (Wildman–Crippen MR) is 107 cm³/mol. The van der Waals surface area contributed by atoms with Crippen LogP contribution in [0.25, 0.3) is 0 Å². The van der Waals surface area contributed by atoms with Crippen LogP contribution in [0.1, 0.15) is 29.2 Å². The number of carbonyl (C=O) groups excluding carboxylic acids is 1. The number of amides is 1. The monoisotopic (exact) mass is 407 g/mol. The number of piperazine rings is 1. The van der Waals surface area contributed by atoms with Crippen molar-refractivity contribution in [1.82, 2.24) is 25.0 Å². The number of β-amino-alcohol motifs (C(OH)–C–C–N with tert-alkyl or cyclic N) is 1. The summed E-state index contributed by atoms with van der Waals surface area (Å²) in [5.41, 5.74) is 0.366. The lowest BCUT2D eigenvalue weighted by Gasteiger charge is -2.36. The van der Waals surface area contributed by atoms with Crippen molar-refractivity contribution < 1.29 is 19.1 Å². The van der Waals surface area contributed by atoms with E-state index in [1.165, 1.54) is 19.1 Å². The Kier molecular flexibility index (Phi) is 7.15. The third-order valence-electron chi connectivity index (χ3n) is 5.90. The Morgan fingerprint density at radius 1 is 1.10 bits per heavy atom. The van der Waals surface area contributed by atoms with E-state index in [1.54, 1.807) is 0 Å². The standard InChI is InChI=1S/C20H33N5O4/c26-17(13-25-7-9-28-10-8-25)12-23-3-5-24(6-4-23)14-19-22-18(15-29-19)20(27)21-11-16-1-2-16/h15-17,26H,1-14H2,(H,21,27). The van der Waals surface area contributed by atoms with E-state index in [0.29, 0.717) is 37.1 Å². The molecule has 0 aromatic carbocycles. The van der Waals surface area contributed by atoms with Crippen LogP contribution in [0.4, 0.5) is 0 Å². The zero-order chi connectivity index (χ0) is 20.1. The van der Waals surface area contributed by atoms with Crippen molar-refractivity contribution >= 4 is 5.91 Å². The van der Waals surface area contributed by atoms with Crippen molar-refractivity contribution in [1.29, 1.82) is 0 Å². The van der Waals surface area contributed by atoms with Gasteiger partial charge in [-0.1, -0.05) is 0 Å². The minimum atomic E-state index is -0.330. The number of nitrogens with one attached hydrogen (secondary N) is 1. The van der Waals surface area contributed by atoms with Gasteiger partial charge in [0.05, 0.1) is 25.9 Å². The fraction of sp³-hybridized carbons (Fsp3) is 0.800. The molecule has 1 aromatic rings. The third kappa shape index (κ3) is 6.48. The number of carbonyl (C=O) groups is 1. The molecule has 9 nitrogen and oxygen atoms in total. The number of aromatic nitrogens is 1. The molecule has 2 N–H and O–H groups in total. The van der Waals surface area contributed by atoms with Gasteiger partial charge in [-0.3, -0.25) is 19.5 Å². The van der Waals surface area contributed by atoms with E-state index in [2.05, 4.69) is 25.0 Å². The Bertz CT molecular complexity index is 651. The maximum absolute atomic E-state index is 12.1. The average Bonchev–Trinajstić information content (AvgIpc) is 3.45. The maximum Gasteiger partial charge on any atom is 0.273 e. The molecule has 1 atom stereocenters. The first kappa shape index (κ1) is 20.7. The van der Waals surface area contributed by atoms with Crippen molar-refractivity contribution in [3.05, 3.63) is 17.8 Å². The van der Waals surface area contributed by atoms with Gasteiger partial charge in [-0.15, -0.1) is 0 Å². The highest BCUT2D eigenvalue weighted by molar-refractivity contribution is 5.91. The molecule has 0 spiro atoms. The molecule has 4 rings (SSSR count). The molecule has 162 valence electrons. The van der Waals surface area contributed by atoms with Crippen molar-refractivity contribution in [2.75, 3.05) is 72.1 Å². The lowest BCUT2D eigenvalue weighted by atomic mass is 10.2. The number of morpholine rings is 1. The van der Waals surface area contributed by atoms with E-state index in [-0.39, 0.29) is 12.0 Å². The van der Waals surface area contributed by atoms with Gasteiger partial charge in [-0.2, -0.15) is 0 Å². The molecule has 0 radical (unpaired) electrons. The summed E-state index contributed by atoms with van der Waals surface area (Å²) in [5, 5.41) is 13.3. The molecular formula is C20H33N5O4. The topological polar surface area (TPSA) is 94.3 Å². The fourth-order valence-electron chi connectivity index (χ4n) is 3.90. The molecule has 2 saturated heterocycles. The van der Waals surface area contributed by atoms with Gasteiger partial charge in [0, 0.05) is 58.9 Å². The van der Waals surface area contributed by atoms with E-state index in [9.17, 15) is 9.90 Å². The molecule has 0 bridgehead atoms. The van der Waals surface area contributed by atoms with Gasteiger partial charge in [0.2, 0.25) is 5.89 Å². The average molecular weight is 408 g/mol. The molecule has 1 aliphatic carbocycles. The molecular weight excluding hydrogens is 374 g/mol. The van der Waals surface area contributed by atoms with Gasteiger partial charge in [0.25, 0.3) is 5.91 Å². The number of hydrogen-bond acceptors (Lipinski definition) is 8. The summed E-state index contributed by atoms with van der Waals surface area (Å²) < 4.78 is 10.9. The van der Waals surface area contributed by atoms with Crippen LogP contribution in [0, 0.1) is 5.92 Å². The van der Waals surface area contributed by atoms with Crippen LogP contribution in [0.15, 0.2) is 10.7 Å². The van der Waals surface area contributed by atoms with Crippen molar-refractivity contribution in [2.24, 2.45) is 5.92 Å². The molecule has 3 fully saturated rings. The van der Waals surface area contributed by atoms with Crippen molar-refractivity contribution in [3.8, 4) is 0 Å². The zero-order valence-corrected chi connectivity index (χ0v) is 17.1. The first-order chi connectivity index (χ1) is 14.2. The summed E-state index contributed by atoms with van der Waals surface area (Å²) in [5.74, 6) is 1.09. The van der Waals surface area contributed by atoms with E-state index in [4.69, 9.17) is 9.15 Å². The van der Waals surface area contributed by atoms with Gasteiger partial charge < -0.3 is 19.6 Å². The Hall–Kier alpha value is -1.52. The number of rotatable bonds is 9. The van der Waals surface area contributed by atoms with E-state index in [0.717, 1.165) is 59.0 Å². The first-order valence-electron chi connectivity index (χ1n) is 10.8. The number of nitrogens with zero attached hydrogens (tertiary/aromatic N) is 4. The van der Waals surface area contributed by atoms with Crippen LogP contribution < -0.4 is 5.32 Å². The zero-order valence-electron chi connectivity index (χ0n) is 17.1. The van der Waals surface area contributed by atoms with Crippen LogP contribution in [-0.4, -0.2) is 109 Å². The highest BCUT2D eigenvalue weighted by Gasteiger charge is 2.24. The minimum Gasteiger partial charge on any atom is -0.447 e. The van der Waals surface area contributed by atoms with Crippen LogP contribution in [-0.2, 0) is 11.3 Å². The Morgan fingerprint density at radius 2 is 1.76 bits per heavy atom. The van der Waals surface area contributed by atoms with E-state index >= 15 is 0 Å². The second-order valence-electron chi connectivity index (χ2n) is 8.42. The second-order valence-corrected chi connectivity index (χ2v) is 8.42. The molecule has 2 aliphatic heterocycles. The molecule has 1 saturated carbocycles. The summed E-state index contributed by atoms with van der Waals surface area (Å²) >= 11 is 0. The minimum absolute atomic E-state index is 0.147. The summed E-state index contributed by atoms with van der Waals surface area (Å²) in [6.07, 6.45) is 3.54. The number of ether oxygens (including phenoxy) is 1. The number of aliphatic hydroxyl groups is 1. The number of aliphatic hydroxyl groups excluding tert-OH is 1. The van der Waals surface area contributed by atoms with Gasteiger partial charge in [-0.05, 0) is 18.8 Å². The normalized spacial score (nSPS) is 23.2. The summed E-state index contributed by atoms with van der Waals surface area (Å²) in [6, 6.07) is 0. The van der Waals surface area contributed by atoms with Crippen LogP contribution >= 0.6 is 0 Å². The van der Waals surface area contributed by atoms with Gasteiger partial charge in [-0.25, -0.2) is 4.98 Å². The fourth-order valence-corrected chi connectivity index (χ4v) is 3.90. The Morgan fingerprint density at radius 3 is 2.45 bits per heavy atom.